The predicted octanol–water partition coefficient (Wildman–Crippen LogP) is 4.46. The van der Waals surface area contributed by atoms with Crippen LogP contribution in [-0.4, -0.2) is 0 Å². The SMILES string of the molecule is CC(C)(C)/C([C]1[CH][CH][CH][CH]1)=C(/N)c1ccc(Cl)cc1. The Morgan fingerprint density at radius 1 is 1.00 bits per heavy atom. The van der Waals surface area contributed by atoms with Gasteiger partial charge in [0.05, 0.1) is 0 Å². The van der Waals surface area contributed by atoms with Crippen LogP contribution in [0.5, 0.6) is 0 Å². The van der Waals surface area contributed by atoms with Gasteiger partial charge in [0.1, 0.15) is 0 Å². The maximum absolute atomic E-state index is 6.40. The van der Waals surface area contributed by atoms with E-state index in [-0.39, 0.29) is 5.41 Å². The highest BCUT2D eigenvalue weighted by Gasteiger charge is 2.31. The van der Waals surface area contributed by atoms with Crippen LogP contribution in [0.25, 0.3) is 5.70 Å². The van der Waals surface area contributed by atoms with Crippen molar-refractivity contribution in [1.82, 2.24) is 0 Å². The molecule has 1 aliphatic rings. The molecular formula is C17H19ClN. The number of halogens is 1. The molecule has 0 heterocycles. The van der Waals surface area contributed by atoms with Crippen molar-refractivity contribution >= 4 is 17.3 Å². The highest BCUT2D eigenvalue weighted by molar-refractivity contribution is 6.30. The minimum Gasteiger partial charge on any atom is -0.398 e. The van der Waals surface area contributed by atoms with E-state index in [1.54, 1.807) is 0 Å². The highest BCUT2D eigenvalue weighted by atomic mass is 35.5. The summed E-state index contributed by atoms with van der Waals surface area (Å²) in [6.45, 7) is 6.54. The quantitative estimate of drug-likeness (QED) is 0.845. The molecule has 99 valence electrons. The lowest BCUT2D eigenvalue weighted by atomic mass is 9.76. The molecule has 0 unspecified atom stereocenters. The van der Waals surface area contributed by atoms with E-state index in [1.165, 1.54) is 11.5 Å². The van der Waals surface area contributed by atoms with Crippen LogP contribution in [0, 0.1) is 37.0 Å². The Kier molecular flexibility index (Phi) is 4.25. The number of hydrogen-bond donors (Lipinski definition) is 1. The topological polar surface area (TPSA) is 26.0 Å². The third kappa shape index (κ3) is 3.33. The summed E-state index contributed by atoms with van der Waals surface area (Å²) in [7, 11) is 0. The van der Waals surface area contributed by atoms with E-state index in [2.05, 4.69) is 33.6 Å². The summed E-state index contributed by atoms with van der Waals surface area (Å²) in [6, 6.07) is 7.67. The zero-order valence-electron chi connectivity index (χ0n) is 11.6. The molecule has 0 bridgehead atoms. The summed E-state index contributed by atoms with van der Waals surface area (Å²) < 4.78 is 0. The maximum Gasteiger partial charge on any atom is 0.0406 e. The van der Waals surface area contributed by atoms with Crippen LogP contribution in [0.1, 0.15) is 26.3 Å². The third-order valence-corrected chi connectivity index (χ3v) is 3.38. The zero-order valence-corrected chi connectivity index (χ0v) is 12.3. The number of nitrogens with two attached hydrogens (primary N) is 1. The molecule has 0 aliphatic heterocycles. The van der Waals surface area contributed by atoms with Crippen molar-refractivity contribution in [2.45, 2.75) is 20.8 Å². The normalized spacial score (nSPS) is 18.5. The van der Waals surface area contributed by atoms with Gasteiger partial charge in [0.25, 0.3) is 0 Å². The average molecular weight is 273 g/mol. The van der Waals surface area contributed by atoms with Crippen molar-refractivity contribution in [3.8, 4) is 0 Å². The standard InChI is InChI=1S/C17H19ClN/c1-17(2,3)15(12-6-4-5-7-12)16(19)13-8-10-14(18)11-9-13/h4-11H,19H2,1-3H3/b16-15+. The molecule has 0 amide bonds. The molecule has 0 spiro atoms. The summed E-state index contributed by atoms with van der Waals surface area (Å²) in [4.78, 5) is 0. The lowest BCUT2D eigenvalue weighted by molar-refractivity contribution is 0.504. The minimum atomic E-state index is -0.0158. The molecule has 0 saturated heterocycles. The second-order valence-corrected chi connectivity index (χ2v) is 6.16. The number of benzene rings is 1. The van der Waals surface area contributed by atoms with Crippen molar-refractivity contribution in [2.24, 2.45) is 11.1 Å². The predicted molar refractivity (Wildman–Crippen MR) is 82.5 cm³/mol. The first-order valence-electron chi connectivity index (χ1n) is 6.38. The fraction of sp³-hybridized carbons (Fsp3) is 0.235. The Balaban J connectivity index is 2.44. The van der Waals surface area contributed by atoms with Crippen LogP contribution < -0.4 is 5.73 Å². The van der Waals surface area contributed by atoms with Gasteiger partial charge in [-0.05, 0) is 54.4 Å². The van der Waals surface area contributed by atoms with Gasteiger partial charge < -0.3 is 5.73 Å². The Bertz CT molecular complexity index is 459. The number of hydrogen-bond acceptors (Lipinski definition) is 1. The van der Waals surface area contributed by atoms with Crippen LogP contribution in [0.4, 0.5) is 0 Å². The van der Waals surface area contributed by atoms with Crippen LogP contribution in [0.3, 0.4) is 0 Å². The number of allylic oxidation sites excluding steroid dienone is 1. The van der Waals surface area contributed by atoms with Crippen molar-refractivity contribution in [3.63, 3.8) is 0 Å². The number of rotatable bonds is 2. The second-order valence-electron chi connectivity index (χ2n) is 5.72. The molecule has 0 aromatic heterocycles. The highest BCUT2D eigenvalue weighted by Crippen LogP contribution is 2.43. The summed E-state index contributed by atoms with van der Waals surface area (Å²) >= 11 is 5.93. The second kappa shape index (κ2) is 5.58. The molecule has 1 fully saturated rings. The van der Waals surface area contributed by atoms with Gasteiger partial charge in [-0.2, -0.15) is 0 Å². The Morgan fingerprint density at radius 2 is 1.53 bits per heavy atom. The zero-order chi connectivity index (χ0) is 14.0. The fourth-order valence-corrected chi connectivity index (χ4v) is 2.43. The fourth-order valence-electron chi connectivity index (χ4n) is 2.31. The van der Waals surface area contributed by atoms with Gasteiger partial charge >= 0.3 is 0 Å². The molecule has 2 heteroatoms. The summed E-state index contributed by atoms with van der Waals surface area (Å²) in [5.41, 5.74) is 9.38. The van der Waals surface area contributed by atoms with Crippen LogP contribution in [0.2, 0.25) is 5.02 Å². The molecule has 5 radical (unpaired) electrons. The molecule has 1 saturated carbocycles. The van der Waals surface area contributed by atoms with E-state index < -0.39 is 0 Å². The van der Waals surface area contributed by atoms with E-state index in [4.69, 9.17) is 17.3 Å². The first-order chi connectivity index (χ1) is 8.89. The third-order valence-electron chi connectivity index (χ3n) is 3.13. The van der Waals surface area contributed by atoms with Gasteiger partial charge in [-0.1, -0.05) is 44.5 Å². The first-order valence-corrected chi connectivity index (χ1v) is 6.75. The maximum atomic E-state index is 6.40. The van der Waals surface area contributed by atoms with Crippen LogP contribution in [0.15, 0.2) is 29.8 Å². The summed E-state index contributed by atoms with van der Waals surface area (Å²) in [6.07, 6.45) is 8.28. The van der Waals surface area contributed by atoms with Crippen molar-refractivity contribution in [3.05, 3.63) is 72.0 Å². The largest absolute Gasteiger partial charge is 0.398 e. The minimum absolute atomic E-state index is 0.0158. The molecule has 19 heavy (non-hydrogen) atoms. The van der Waals surface area contributed by atoms with E-state index in [0.29, 0.717) is 0 Å². The molecule has 1 aliphatic carbocycles. The molecule has 1 nitrogen and oxygen atoms in total. The van der Waals surface area contributed by atoms with Crippen LogP contribution >= 0.6 is 11.6 Å². The summed E-state index contributed by atoms with van der Waals surface area (Å²) in [5.74, 6) is 1.18. The monoisotopic (exact) mass is 272 g/mol. The molecular weight excluding hydrogens is 254 g/mol. The summed E-state index contributed by atoms with van der Waals surface area (Å²) in [5, 5.41) is 0.724. The van der Waals surface area contributed by atoms with Crippen molar-refractivity contribution < 1.29 is 0 Å². The van der Waals surface area contributed by atoms with Gasteiger partial charge in [-0.3, -0.25) is 0 Å². The Morgan fingerprint density at radius 3 is 2.00 bits per heavy atom. The van der Waals surface area contributed by atoms with E-state index in [1.807, 2.05) is 37.1 Å². The van der Waals surface area contributed by atoms with Crippen LogP contribution in [-0.2, 0) is 0 Å². The van der Waals surface area contributed by atoms with Gasteiger partial charge in [-0.15, -0.1) is 0 Å². The Hall–Kier alpha value is -0.950. The van der Waals surface area contributed by atoms with Crippen molar-refractivity contribution in [1.29, 1.82) is 0 Å². The van der Waals surface area contributed by atoms with E-state index in [9.17, 15) is 0 Å². The van der Waals surface area contributed by atoms with Gasteiger partial charge in [-0.25, -0.2) is 0 Å². The molecule has 2 rings (SSSR count). The lowest BCUT2D eigenvalue weighted by Gasteiger charge is -2.30. The van der Waals surface area contributed by atoms with E-state index in [0.717, 1.165) is 16.3 Å². The van der Waals surface area contributed by atoms with E-state index >= 15 is 0 Å². The lowest BCUT2D eigenvalue weighted by Crippen LogP contribution is -2.20. The van der Waals surface area contributed by atoms with Gasteiger partial charge in [0.2, 0.25) is 0 Å². The Labute approximate surface area is 121 Å². The molecule has 1 aromatic carbocycles. The smallest absolute Gasteiger partial charge is 0.0406 e. The van der Waals surface area contributed by atoms with Gasteiger partial charge in [0, 0.05) is 16.6 Å². The first kappa shape index (κ1) is 14.5. The molecule has 2 N–H and O–H groups in total. The molecule has 1 aromatic rings. The van der Waals surface area contributed by atoms with Gasteiger partial charge in [0.15, 0.2) is 0 Å². The van der Waals surface area contributed by atoms with Crippen molar-refractivity contribution in [2.75, 3.05) is 0 Å². The average Bonchev–Trinajstić information content (AvgIpc) is 2.81. The molecule has 0 atom stereocenters.